The summed E-state index contributed by atoms with van der Waals surface area (Å²) in [4.78, 5) is 19.3. The number of para-hydroxylation sites is 1. The molecule has 0 saturated carbocycles. The smallest absolute Gasteiger partial charge is 0.224 e. The highest BCUT2D eigenvalue weighted by Crippen LogP contribution is 2.21. The van der Waals surface area contributed by atoms with Gasteiger partial charge in [0.2, 0.25) is 5.91 Å². The van der Waals surface area contributed by atoms with Crippen molar-refractivity contribution in [2.24, 2.45) is 0 Å². The molecule has 0 atom stereocenters. The van der Waals surface area contributed by atoms with Gasteiger partial charge in [0, 0.05) is 36.9 Å². The van der Waals surface area contributed by atoms with E-state index in [0.717, 1.165) is 35.1 Å². The average Bonchev–Trinajstić information content (AvgIpc) is 2.73. The van der Waals surface area contributed by atoms with Gasteiger partial charge in [0.05, 0.1) is 11.9 Å². The Balaban J connectivity index is 1.39. The number of carbonyl (C=O) groups excluding carboxylic acids is 1. The van der Waals surface area contributed by atoms with Crippen molar-refractivity contribution < 1.29 is 4.79 Å². The number of pyridine rings is 1. The van der Waals surface area contributed by atoms with E-state index in [0.29, 0.717) is 13.0 Å². The van der Waals surface area contributed by atoms with E-state index >= 15 is 0 Å². The molecular formula is C23H25N3O. The van der Waals surface area contributed by atoms with Crippen molar-refractivity contribution in [2.75, 3.05) is 18.0 Å². The zero-order chi connectivity index (χ0) is 18.5. The molecule has 1 aromatic heterocycles. The summed E-state index contributed by atoms with van der Waals surface area (Å²) in [5.74, 6) is 0.0246. The normalized spacial score (nSPS) is 14.3. The van der Waals surface area contributed by atoms with Crippen LogP contribution in [0, 0.1) is 0 Å². The molecule has 0 spiro atoms. The third-order valence-electron chi connectivity index (χ3n) is 5.19. The summed E-state index contributed by atoms with van der Waals surface area (Å²) in [6.45, 7) is 2.81. The van der Waals surface area contributed by atoms with Crippen molar-refractivity contribution in [3.63, 3.8) is 0 Å². The molecule has 0 radical (unpaired) electrons. The van der Waals surface area contributed by atoms with Crippen molar-refractivity contribution in [1.29, 1.82) is 0 Å². The van der Waals surface area contributed by atoms with E-state index in [1.807, 2.05) is 30.3 Å². The molecule has 3 aromatic rings. The van der Waals surface area contributed by atoms with Gasteiger partial charge in [-0.25, -0.2) is 0 Å². The topological polar surface area (TPSA) is 45.2 Å². The Morgan fingerprint density at radius 1 is 1.00 bits per heavy atom. The van der Waals surface area contributed by atoms with E-state index in [1.165, 1.54) is 24.9 Å². The van der Waals surface area contributed by atoms with E-state index in [2.05, 4.69) is 39.5 Å². The van der Waals surface area contributed by atoms with Crippen molar-refractivity contribution in [3.05, 3.63) is 71.9 Å². The van der Waals surface area contributed by atoms with Crippen LogP contribution in [0.3, 0.4) is 0 Å². The van der Waals surface area contributed by atoms with Crippen LogP contribution in [0.5, 0.6) is 0 Å². The number of carbonyl (C=O) groups is 1. The molecule has 2 aromatic carbocycles. The summed E-state index contributed by atoms with van der Waals surface area (Å²) in [5.41, 5.74) is 4.28. The largest absolute Gasteiger partial charge is 0.372 e. The van der Waals surface area contributed by atoms with Crippen LogP contribution in [-0.4, -0.2) is 24.0 Å². The number of aromatic nitrogens is 1. The van der Waals surface area contributed by atoms with Gasteiger partial charge in [0.25, 0.3) is 0 Å². The molecule has 1 saturated heterocycles. The molecule has 1 fully saturated rings. The lowest BCUT2D eigenvalue weighted by atomic mass is 10.1. The van der Waals surface area contributed by atoms with Crippen LogP contribution in [0.15, 0.2) is 60.8 Å². The highest BCUT2D eigenvalue weighted by molar-refractivity contribution is 5.87. The second-order valence-electron chi connectivity index (χ2n) is 7.16. The molecule has 1 aliphatic rings. The first-order chi connectivity index (χ1) is 13.3. The van der Waals surface area contributed by atoms with Crippen LogP contribution in [0.2, 0.25) is 0 Å². The standard InChI is InChI=1S/C23H25N3O/c27-22(16-20-9-5-8-19-10-6-12-24-23(19)20)25-17-18-7-4-11-21(15-18)26-13-2-1-3-14-26/h4-12,15H,1-3,13-14,16-17H2,(H,25,27). The number of benzene rings is 2. The SMILES string of the molecule is O=C(Cc1cccc2cccnc12)NCc1cccc(N2CCCCC2)c1. The van der Waals surface area contributed by atoms with Crippen molar-refractivity contribution >= 4 is 22.5 Å². The van der Waals surface area contributed by atoms with Crippen LogP contribution >= 0.6 is 0 Å². The van der Waals surface area contributed by atoms with Crippen LogP contribution in [-0.2, 0) is 17.8 Å². The van der Waals surface area contributed by atoms with E-state index in [1.54, 1.807) is 6.20 Å². The third kappa shape index (κ3) is 4.27. The third-order valence-corrected chi connectivity index (χ3v) is 5.19. The number of rotatable bonds is 5. The number of nitrogens with zero attached hydrogens (tertiary/aromatic N) is 2. The van der Waals surface area contributed by atoms with Gasteiger partial charge in [-0.05, 0) is 48.6 Å². The fourth-order valence-electron chi connectivity index (χ4n) is 3.76. The monoisotopic (exact) mass is 359 g/mol. The van der Waals surface area contributed by atoms with Crippen molar-refractivity contribution in [3.8, 4) is 0 Å². The van der Waals surface area contributed by atoms with Gasteiger partial charge >= 0.3 is 0 Å². The predicted octanol–water partition coefficient (Wildman–Crippen LogP) is 4.08. The maximum Gasteiger partial charge on any atom is 0.224 e. The molecule has 27 heavy (non-hydrogen) atoms. The summed E-state index contributed by atoms with van der Waals surface area (Å²) in [6, 6.07) is 18.4. The molecule has 4 heteroatoms. The molecule has 0 unspecified atom stereocenters. The first-order valence-electron chi connectivity index (χ1n) is 9.73. The molecule has 1 amide bonds. The number of anilines is 1. The first-order valence-corrected chi connectivity index (χ1v) is 9.73. The molecule has 1 N–H and O–H groups in total. The van der Waals surface area contributed by atoms with Crippen molar-refractivity contribution in [2.45, 2.75) is 32.2 Å². The number of hydrogen-bond donors (Lipinski definition) is 1. The predicted molar refractivity (Wildman–Crippen MR) is 110 cm³/mol. The van der Waals surface area contributed by atoms with Crippen LogP contribution < -0.4 is 10.2 Å². The fourth-order valence-corrected chi connectivity index (χ4v) is 3.76. The maximum atomic E-state index is 12.5. The van der Waals surface area contributed by atoms with Gasteiger partial charge in [0.1, 0.15) is 0 Å². The summed E-state index contributed by atoms with van der Waals surface area (Å²) < 4.78 is 0. The van der Waals surface area contributed by atoms with E-state index < -0.39 is 0 Å². The number of hydrogen-bond acceptors (Lipinski definition) is 3. The highest BCUT2D eigenvalue weighted by Gasteiger charge is 2.12. The van der Waals surface area contributed by atoms with Crippen LogP contribution in [0.25, 0.3) is 10.9 Å². The van der Waals surface area contributed by atoms with Crippen molar-refractivity contribution in [1.82, 2.24) is 10.3 Å². The first kappa shape index (κ1) is 17.5. The molecule has 2 heterocycles. The minimum absolute atomic E-state index is 0.0246. The summed E-state index contributed by atoms with van der Waals surface area (Å²) >= 11 is 0. The second kappa shape index (κ2) is 8.21. The molecule has 0 aliphatic carbocycles. The molecule has 1 aliphatic heterocycles. The van der Waals surface area contributed by atoms with Gasteiger partial charge < -0.3 is 10.2 Å². The average molecular weight is 359 g/mol. The van der Waals surface area contributed by atoms with Crippen LogP contribution in [0.1, 0.15) is 30.4 Å². The molecule has 138 valence electrons. The molecule has 4 nitrogen and oxygen atoms in total. The summed E-state index contributed by atoms with van der Waals surface area (Å²) in [7, 11) is 0. The minimum atomic E-state index is 0.0246. The van der Waals surface area contributed by atoms with Gasteiger partial charge in [-0.15, -0.1) is 0 Å². The van der Waals surface area contributed by atoms with Gasteiger partial charge in [-0.2, -0.15) is 0 Å². The Bertz CT molecular complexity index is 926. The zero-order valence-corrected chi connectivity index (χ0v) is 15.5. The number of nitrogens with one attached hydrogen (secondary N) is 1. The lowest BCUT2D eigenvalue weighted by molar-refractivity contribution is -0.120. The minimum Gasteiger partial charge on any atom is -0.372 e. The Morgan fingerprint density at radius 3 is 2.70 bits per heavy atom. The Labute approximate surface area is 160 Å². The Hall–Kier alpha value is -2.88. The second-order valence-corrected chi connectivity index (χ2v) is 7.16. The van der Waals surface area contributed by atoms with E-state index in [4.69, 9.17) is 0 Å². The number of amides is 1. The van der Waals surface area contributed by atoms with Gasteiger partial charge in [0.15, 0.2) is 0 Å². The highest BCUT2D eigenvalue weighted by atomic mass is 16.1. The molecule has 0 bridgehead atoms. The van der Waals surface area contributed by atoms with E-state index in [9.17, 15) is 4.79 Å². The molecular weight excluding hydrogens is 334 g/mol. The lowest BCUT2D eigenvalue weighted by Gasteiger charge is -2.29. The molecule has 4 rings (SSSR count). The summed E-state index contributed by atoms with van der Waals surface area (Å²) in [6.07, 6.45) is 5.98. The quantitative estimate of drug-likeness (QED) is 0.746. The zero-order valence-electron chi connectivity index (χ0n) is 15.5. The lowest BCUT2D eigenvalue weighted by Crippen LogP contribution is -2.29. The summed E-state index contributed by atoms with van der Waals surface area (Å²) in [5, 5.41) is 4.12. The number of piperidine rings is 1. The van der Waals surface area contributed by atoms with Crippen LogP contribution in [0.4, 0.5) is 5.69 Å². The maximum absolute atomic E-state index is 12.5. The number of fused-ring (bicyclic) bond motifs is 1. The van der Waals surface area contributed by atoms with Gasteiger partial charge in [-0.3, -0.25) is 9.78 Å². The fraction of sp³-hybridized carbons (Fsp3) is 0.304. The van der Waals surface area contributed by atoms with Gasteiger partial charge in [-0.1, -0.05) is 36.4 Å². The Morgan fingerprint density at radius 2 is 1.81 bits per heavy atom. The van der Waals surface area contributed by atoms with E-state index in [-0.39, 0.29) is 5.91 Å². The Kier molecular flexibility index (Phi) is 5.33.